The maximum atomic E-state index is 12.7. The van der Waals surface area contributed by atoms with Crippen molar-refractivity contribution in [1.29, 1.82) is 0 Å². The van der Waals surface area contributed by atoms with Crippen LogP contribution in [0.25, 0.3) is 0 Å². The van der Waals surface area contributed by atoms with Gasteiger partial charge in [0.15, 0.2) is 0 Å². The summed E-state index contributed by atoms with van der Waals surface area (Å²) in [6, 6.07) is 10.1. The van der Waals surface area contributed by atoms with Gasteiger partial charge in [0.05, 0.1) is 24.7 Å². The van der Waals surface area contributed by atoms with E-state index in [-0.39, 0.29) is 11.5 Å². The lowest BCUT2D eigenvalue weighted by Crippen LogP contribution is -2.40. The zero-order valence-corrected chi connectivity index (χ0v) is 14.1. The Hall–Kier alpha value is -1.39. The first-order valence-electron chi connectivity index (χ1n) is 8.72. The van der Waals surface area contributed by atoms with E-state index < -0.39 is 0 Å². The van der Waals surface area contributed by atoms with Crippen LogP contribution < -0.4 is 0 Å². The van der Waals surface area contributed by atoms with E-state index in [1.54, 1.807) is 0 Å². The smallest absolute Gasteiger partial charge is 0.227 e. The summed E-state index contributed by atoms with van der Waals surface area (Å²) < 4.78 is 6.41. The third-order valence-corrected chi connectivity index (χ3v) is 5.91. The van der Waals surface area contributed by atoms with Crippen LogP contribution in [0.4, 0.5) is 0 Å². The van der Waals surface area contributed by atoms with Gasteiger partial charge in [0, 0.05) is 24.9 Å². The number of carbonyl (C=O) groups is 1. The molecule has 0 radical (unpaired) electrons. The molecule has 1 aromatic rings. The summed E-state index contributed by atoms with van der Waals surface area (Å²) in [5.41, 5.74) is 1.06. The first kappa shape index (κ1) is 15.2. The minimum Gasteiger partial charge on any atom is -0.369 e. The Morgan fingerprint density at radius 2 is 2.13 bits per heavy atom. The molecule has 124 valence electrons. The topological polar surface area (TPSA) is 32.8 Å². The largest absolute Gasteiger partial charge is 0.369 e. The van der Waals surface area contributed by atoms with E-state index in [0.717, 1.165) is 38.0 Å². The van der Waals surface area contributed by atoms with Crippen LogP contribution in [0.2, 0.25) is 0 Å². The van der Waals surface area contributed by atoms with Crippen molar-refractivity contribution < 1.29 is 9.53 Å². The molecule has 0 unspecified atom stereocenters. The number of hydrogen-bond acceptors (Lipinski definition) is 3. The average molecular weight is 314 g/mol. The van der Waals surface area contributed by atoms with Gasteiger partial charge in [-0.25, -0.2) is 0 Å². The van der Waals surface area contributed by atoms with Crippen LogP contribution in [0, 0.1) is 11.8 Å². The van der Waals surface area contributed by atoms with Gasteiger partial charge in [0.25, 0.3) is 0 Å². The van der Waals surface area contributed by atoms with Gasteiger partial charge in [-0.3, -0.25) is 4.79 Å². The lowest BCUT2D eigenvalue weighted by molar-refractivity contribution is -0.131. The van der Waals surface area contributed by atoms with Crippen molar-refractivity contribution in [3.05, 3.63) is 35.9 Å². The molecule has 3 fully saturated rings. The number of ether oxygens (including phenoxy) is 1. The molecule has 1 amide bonds. The number of carbonyl (C=O) groups excluding carboxylic acids is 1. The molecule has 0 aliphatic carbocycles. The van der Waals surface area contributed by atoms with Crippen LogP contribution in [-0.4, -0.2) is 61.1 Å². The maximum absolute atomic E-state index is 12.7. The van der Waals surface area contributed by atoms with Crippen LogP contribution in [0.1, 0.15) is 18.4 Å². The molecular formula is C19H26N2O2. The highest BCUT2D eigenvalue weighted by molar-refractivity contribution is 5.79. The molecule has 4 atom stereocenters. The minimum atomic E-state index is -0.0440. The summed E-state index contributed by atoms with van der Waals surface area (Å²) >= 11 is 0. The Labute approximate surface area is 138 Å². The van der Waals surface area contributed by atoms with Gasteiger partial charge in [-0.05, 0) is 32.5 Å². The Kier molecular flexibility index (Phi) is 3.69. The van der Waals surface area contributed by atoms with Crippen molar-refractivity contribution in [1.82, 2.24) is 9.80 Å². The normalized spacial score (nSPS) is 35.1. The molecule has 0 N–H and O–H groups in total. The number of amides is 1. The van der Waals surface area contributed by atoms with E-state index in [1.807, 2.05) is 30.3 Å². The van der Waals surface area contributed by atoms with Crippen molar-refractivity contribution in [2.24, 2.45) is 11.8 Å². The molecule has 1 spiro atoms. The van der Waals surface area contributed by atoms with Crippen LogP contribution >= 0.6 is 0 Å². The highest BCUT2D eigenvalue weighted by atomic mass is 16.5. The van der Waals surface area contributed by atoms with Gasteiger partial charge < -0.3 is 14.5 Å². The summed E-state index contributed by atoms with van der Waals surface area (Å²) in [6.45, 7) is 2.74. The minimum absolute atomic E-state index is 0.0440. The number of nitrogens with zero attached hydrogens (tertiary/aromatic N) is 2. The van der Waals surface area contributed by atoms with Crippen LogP contribution in [-0.2, 0) is 16.0 Å². The molecule has 2 bridgehead atoms. The number of likely N-dealkylation sites (tertiary alicyclic amines) is 1. The summed E-state index contributed by atoms with van der Waals surface area (Å²) in [5, 5.41) is 0. The van der Waals surface area contributed by atoms with Crippen LogP contribution in [0.15, 0.2) is 30.3 Å². The summed E-state index contributed by atoms with van der Waals surface area (Å²) in [4.78, 5) is 17.0. The third-order valence-electron chi connectivity index (χ3n) is 5.91. The predicted octanol–water partition coefficient (Wildman–Crippen LogP) is 1.80. The molecule has 1 aromatic carbocycles. The first-order chi connectivity index (χ1) is 11.1. The fourth-order valence-electron chi connectivity index (χ4n) is 4.93. The molecule has 3 saturated heterocycles. The predicted molar refractivity (Wildman–Crippen MR) is 89.1 cm³/mol. The van der Waals surface area contributed by atoms with Crippen LogP contribution in [0.3, 0.4) is 0 Å². The summed E-state index contributed by atoms with van der Waals surface area (Å²) in [7, 11) is 4.26. The zero-order chi connectivity index (χ0) is 16.0. The highest BCUT2D eigenvalue weighted by Gasteiger charge is 2.63. The van der Waals surface area contributed by atoms with Gasteiger partial charge in [-0.15, -0.1) is 0 Å². The van der Waals surface area contributed by atoms with Crippen molar-refractivity contribution in [2.75, 3.05) is 33.7 Å². The summed E-state index contributed by atoms with van der Waals surface area (Å²) in [5.74, 6) is 1.34. The fourth-order valence-corrected chi connectivity index (χ4v) is 4.93. The maximum Gasteiger partial charge on any atom is 0.227 e. The van der Waals surface area contributed by atoms with Gasteiger partial charge in [0.1, 0.15) is 0 Å². The molecule has 3 aliphatic rings. The Balaban J connectivity index is 1.47. The van der Waals surface area contributed by atoms with Gasteiger partial charge in [0.2, 0.25) is 5.91 Å². The zero-order valence-electron chi connectivity index (χ0n) is 14.1. The molecule has 23 heavy (non-hydrogen) atoms. The molecule has 0 aromatic heterocycles. The fraction of sp³-hybridized carbons (Fsp3) is 0.632. The highest BCUT2D eigenvalue weighted by Crippen LogP contribution is 2.54. The molecule has 4 nitrogen and oxygen atoms in total. The molecule has 4 heteroatoms. The van der Waals surface area contributed by atoms with E-state index >= 15 is 0 Å². The lowest BCUT2D eigenvalue weighted by atomic mass is 9.73. The monoisotopic (exact) mass is 314 g/mol. The number of hydrogen-bond donors (Lipinski definition) is 0. The van der Waals surface area contributed by atoms with Crippen molar-refractivity contribution in [3.63, 3.8) is 0 Å². The first-order valence-corrected chi connectivity index (χ1v) is 8.72. The Morgan fingerprint density at radius 1 is 1.35 bits per heavy atom. The van der Waals surface area contributed by atoms with E-state index in [9.17, 15) is 4.79 Å². The second-order valence-corrected chi connectivity index (χ2v) is 7.73. The quantitative estimate of drug-likeness (QED) is 0.849. The van der Waals surface area contributed by atoms with Crippen LogP contribution in [0.5, 0.6) is 0 Å². The van der Waals surface area contributed by atoms with E-state index in [0.29, 0.717) is 24.4 Å². The molecule has 0 saturated carbocycles. The molecule has 3 heterocycles. The lowest BCUT2D eigenvalue weighted by Gasteiger charge is -2.30. The Bertz CT molecular complexity index is 588. The van der Waals surface area contributed by atoms with Crippen molar-refractivity contribution in [3.8, 4) is 0 Å². The van der Waals surface area contributed by atoms with Gasteiger partial charge in [-0.1, -0.05) is 30.3 Å². The summed E-state index contributed by atoms with van der Waals surface area (Å²) in [6.07, 6.45) is 3.21. The standard InChI is InChI=1S/C19H26N2O2/c1-20(2)11-15-16-12-21(13-19(16)9-8-17(15)23-19)18(22)10-14-6-4-3-5-7-14/h3-7,15-17H,8-13H2,1-2H3/t15-,16+,17+,19+/m0/s1. The molecular weight excluding hydrogens is 288 g/mol. The van der Waals surface area contributed by atoms with E-state index in [4.69, 9.17) is 4.74 Å². The number of fused-ring (bicyclic) bond motifs is 1. The second kappa shape index (κ2) is 5.60. The molecule has 4 rings (SSSR count). The Morgan fingerprint density at radius 3 is 2.87 bits per heavy atom. The average Bonchev–Trinajstić information content (AvgIpc) is 3.17. The molecule has 3 aliphatic heterocycles. The van der Waals surface area contributed by atoms with Gasteiger partial charge in [-0.2, -0.15) is 0 Å². The van der Waals surface area contributed by atoms with Crippen molar-refractivity contribution >= 4 is 5.91 Å². The third kappa shape index (κ3) is 2.58. The van der Waals surface area contributed by atoms with Crippen molar-refractivity contribution in [2.45, 2.75) is 31.0 Å². The number of rotatable bonds is 4. The van der Waals surface area contributed by atoms with E-state index in [1.165, 1.54) is 0 Å². The SMILES string of the molecule is CN(C)C[C@H]1[C@H]2CN(C(=O)Cc3ccccc3)C[C@]23CC[C@H]1O3. The number of benzene rings is 1. The second-order valence-electron chi connectivity index (χ2n) is 7.73. The van der Waals surface area contributed by atoms with E-state index in [2.05, 4.69) is 23.9 Å². The van der Waals surface area contributed by atoms with Gasteiger partial charge >= 0.3 is 0 Å².